The van der Waals surface area contributed by atoms with E-state index in [1.807, 2.05) is 44.4 Å². The Kier molecular flexibility index (Phi) is 5.16. The summed E-state index contributed by atoms with van der Waals surface area (Å²) in [6, 6.07) is 10.4. The van der Waals surface area contributed by atoms with Crippen LogP contribution in [0, 0.1) is 6.92 Å². The Morgan fingerprint density at radius 1 is 1.12 bits per heavy atom. The number of nitrogens with zero attached hydrogens (tertiary/aromatic N) is 1. The number of benzene rings is 2. The van der Waals surface area contributed by atoms with Crippen LogP contribution < -0.4 is 4.74 Å². The first-order valence-electron chi connectivity index (χ1n) is 8.27. The Morgan fingerprint density at radius 3 is 2.35 bits per heavy atom. The van der Waals surface area contributed by atoms with Gasteiger partial charge in [0.15, 0.2) is 0 Å². The summed E-state index contributed by atoms with van der Waals surface area (Å²) in [5.41, 5.74) is 4.87. The molecule has 6 heteroatoms. The summed E-state index contributed by atoms with van der Waals surface area (Å²) in [7, 11) is -2.06. The van der Waals surface area contributed by atoms with Gasteiger partial charge < -0.3 is 4.74 Å². The topological polar surface area (TPSA) is 56.3 Å². The molecule has 4 nitrogen and oxygen atoms in total. The molecule has 3 rings (SSSR count). The van der Waals surface area contributed by atoms with Crippen molar-refractivity contribution in [2.75, 3.05) is 7.11 Å². The summed E-state index contributed by atoms with van der Waals surface area (Å²) in [5.74, 6) is 0.658. The van der Waals surface area contributed by atoms with Crippen LogP contribution in [0.4, 0.5) is 0 Å². The smallest absolute Gasteiger partial charge is 0.206 e. The second-order valence-electron chi connectivity index (χ2n) is 6.44. The first-order chi connectivity index (χ1) is 12.3. The monoisotopic (exact) mass is 387 g/mol. The van der Waals surface area contributed by atoms with E-state index >= 15 is 0 Å². The molecule has 0 bridgehead atoms. The Labute approximate surface area is 158 Å². The Balaban J connectivity index is 2.28. The van der Waals surface area contributed by atoms with Gasteiger partial charge in [0.05, 0.1) is 28.1 Å². The highest BCUT2D eigenvalue weighted by molar-refractivity contribution is 7.91. The van der Waals surface area contributed by atoms with Gasteiger partial charge in [-0.1, -0.05) is 31.5 Å². The third-order valence-corrected chi connectivity index (χ3v) is 6.69. The van der Waals surface area contributed by atoms with Crippen LogP contribution in [0.5, 0.6) is 5.75 Å². The van der Waals surface area contributed by atoms with E-state index in [1.165, 1.54) is 11.3 Å². The highest BCUT2D eigenvalue weighted by atomic mass is 32.2. The first-order valence-corrected chi connectivity index (χ1v) is 10.7. The van der Waals surface area contributed by atoms with Crippen LogP contribution in [0.2, 0.25) is 0 Å². The molecule has 3 aromatic rings. The largest absolute Gasteiger partial charge is 0.496 e. The zero-order valence-corrected chi connectivity index (χ0v) is 16.8. The number of thiazole rings is 1. The molecule has 0 atom stereocenters. The van der Waals surface area contributed by atoms with Crippen LogP contribution >= 0.6 is 11.3 Å². The van der Waals surface area contributed by atoms with E-state index in [2.05, 4.69) is 4.98 Å². The molecular weight excluding hydrogens is 366 g/mol. The van der Waals surface area contributed by atoms with Gasteiger partial charge in [-0.2, -0.15) is 0 Å². The quantitative estimate of drug-likeness (QED) is 0.612. The van der Waals surface area contributed by atoms with Crippen molar-refractivity contribution >= 4 is 21.2 Å². The number of rotatable bonds is 5. The number of ether oxygens (including phenoxy) is 1. The fraction of sp³-hybridized carbons (Fsp3) is 0.250. The van der Waals surface area contributed by atoms with E-state index in [1.54, 1.807) is 30.8 Å². The number of aryl methyl sites for hydroxylation is 1. The summed E-state index contributed by atoms with van der Waals surface area (Å²) in [4.78, 5) is 4.92. The van der Waals surface area contributed by atoms with Crippen molar-refractivity contribution in [3.05, 3.63) is 58.4 Å². The van der Waals surface area contributed by atoms with Crippen molar-refractivity contribution in [2.45, 2.75) is 36.5 Å². The van der Waals surface area contributed by atoms with E-state index in [9.17, 15) is 8.42 Å². The highest BCUT2D eigenvalue weighted by Crippen LogP contribution is 2.38. The predicted octanol–water partition coefficient (Wildman–Crippen LogP) is 5.08. The zero-order chi connectivity index (χ0) is 18.9. The second-order valence-corrected chi connectivity index (χ2v) is 9.07. The summed E-state index contributed by atoms with van der Waals surface area (Å²) >= 11 is 1.46. The van der Waals surface area contributed by atoms with Gasteiger partial charge in [-0.3, -0.25) is 0 Å². The maximum Gasteiger partial charge on any atom is 0.206 e. The minimum atomic E-state index is -3.65. The lowest BCUT2D eigenvalue weighted by atomic mass is 10.00. The van der Waals surface area contributed by atoms with Crippen molar-refractivity contribution in [1.29, 1.82) is 0 Å². The second kappa shape index (κ2) is 7.21. The fourth-order valence-electron chi connectivity index (χ4n) is 2.82. The molecule has 0 saturated heterocycles. The van der Waals surface area contributed by atoms with E-state index in [-0.39, 0.29) is 5.92 Å². The highest BCUT2D eigenvalue weighted by Gasteiger charge is 2.25. The van der Waals surface area contributed by atoms with Crippen LogP contribution in [-0.4, -0.2) is 20.5 Å². The molecule has 1 heterocycles. The van der Waals surface area contributed by atoms with Crippen molar-refractivity contribution in [2.24, 2.45) is 0 Å². The van der Waals surface area contributed by atoms with E-state index in [0.717, 1.165) is 11.1 Å². The molecule has 1 aromatic heterocycles. The Hall–Kier alpha value is -2.18. The van der Waals surface area contributed by atoms with Gasteiger partial charge in [-0.25, -0.2) is 13.4 Å². The van der Waals surface area contributed by atoms with Gasteiger partial charge in [-0.05, 0) is 42.7 Å². The van der Waals surface area contributed by atoms with Gasteiger partial charge in [0.2, 0.25) is 9.84 Å². The normalized spacial score (nSPS) is 11.7. The van der Waals surface area contributed by atoms with Crippen LogP contribution in [-0.2, 0) is 9.84 Å². The van der Waals surface area contributed by atoms with E-state index in [0.29, 0.717) is 26.8 Å². The van der Waals surface area contributed by atoms with Gasteiger partial charge in [0.25, 0.3) is 0 Å². The summed E-state index contributed by atoms with van der Waals surface area (Å²) in [6.45, 7) is 5.89. The minimum Gasteiger partial charge on any atom is -0.496 e. The SMILES string of the molecule is COc1cc(C(C)C)c(S(=O)(=O)c2ccc(C)cc2)cc1-c1cscn1. The molecule has 0 unspecified atom stereocenters. The molecule has 0 fully saturated rings. The predicted molar refractivity (Wildman–Crippen MR) is 105 cm³/mol. The van der Waals surface area contributed by atoms with Crippen molar-refractivity contribution in [3.63, 3.8) is 0 Å². The Bertz CT molecular complexity index is 1010. The average molecular weight is 388 g/mol. The lowest BCUT2D eigenvalue weighted by Gasteiger charge is -2.17. The van der Waals surface area contributed by atoms with E-state index in [4.69, 9.17) is 4.74 Å². The molecule has 0 spiro atoms. The number of methoxy groups -OCH3 is 1. The van der Waals surface area contributed by atoms with Crippen LogP contribution in [0.15, 0.2) is 57.1 Å². The molecule has 0 aliphatic rings. The summed E-state index contributed by atoms with van der Waals surface area (Å²) in [5, 5.41) is 1.88. The van der Waals surface area contributed by atoms with Crippen molar-refractivity contribution in [1.82, 2.24) is 4.98 Å². The maximum atomic E-state index is 13.3. The molecule has 26 heavy (non-hydrogen) atoms. The molecule has 0 N–H and O–H groups in total. The maximum absolute atomic E-state index is 13.3. The van der Waals surface area contributed by atoms with Gasteiger partial charge in [-0.15, -0.1) is 11.3 Å². The Morgan fingerprint density at radius 2 is 1.81 bits per heavy atom. The zero-order valence-electron chi connectivity index (χ0n) is 15.2. The molecule has 0 amide bonds. The summed E-state index contributed by atoms with van der Waals surface area (Å²) < 4.78 is 32.2. The summed E-state index contributed by atoms with van der Waals surface area (Å²) in [6.07, 6.45) is 0. The molecule has 0 aliphatic carbocycles. The fourth-order valence-corrected chi connectivity index (χ4v) is 5.00. The van der Waals surface area contributed by atoms with E-state index < -0.39 is 9.84 Å². The number of hydrogen-bond donors (Lipinski definition) is 0. The number of aromatic nitrogens is 1. The van der Waals surface area contributed by atoms with Crippen molar-refractivity contribution in [3.8, 4) is 17.0 Å². The molecular formula is C20H21NO3S2. The van der Waals surface area contributed by atoms with Crippen LogP contribution in [0.1, 0.15) is 30.9 Å². The number of hydrogen-bond acceptors (Lipinski definition) is 5. The average Bonchev–Trinajstić information content (AvgIpc) is 3.15. The van der Waals surface area contributed by atoms with Crippen molar-refractivity contribution < 1.29 is 13.2 Å². The molecule has 136 valence electrons. The lowest BCUT2D eigenvalue weighted by Crippen LogP contribution is -2.08. The lowest BCUT2D eigenvalue weighted by molar-refractivity contribution is 0.415. The molecule has 0 radical (unpaired) electrons. The third kappa shape index (κ3) is 3.39. The molecule has 2 aromatic carbocycles. The van der Waals surface area contributed by atoms with Crippen LogP contribution in [0.25, 0.3) is 11.3 Å². The van der Waals surface area contributed by atoms with Gasteiger partial charge >= 0.3 is 0 Å². The molecule has 0 aliphatic heterocycles. The van der Waals surface area contributed by atoms with Gasteiger partial charge in [0, 0.05) is 10.9 Å². The molecule has 0 saturated carbocycles. The number of sulfone groups is 1. The minimum absolute atomic E-state index is 0.0311. The first kappa shape index (κ1) is 18.6. The standard InChI is InChI=1S/C20H21NO3S2/c1-13(2)16-9-19(24-4)17(18-11-25-12-21-18)10-20(16)26(22,23)15-7-5-14(3)6-8-15/h5-13H,1-4H3. The van der Waals surface area contributed by atoms with Crippen LogP contribution in [0.3, 0.4) is 0 Å². The van der Waals surface area contributed by atoms with Gasteiger partial charge in [0.1, 0.15) is 5.75 Å². The third-order valence-electron chi connectivity index (χ3n) is 4.28.